The number of carbonyl (C=O) groups excluding carboxylic acids is 1. The van der Waals surface area contributed by atoms with E-state index in [0.29, 0.717) is 23.7 Å². The van der Waals surface area contributed by atoms with Gasteiger partial charge in [0.15, 0.2) is 5.78 Å². The lowest BCUT2D eigenvalue weighted by molar-refractivity contribution is 0.0842. The summed E-state index contributed by atoms with van der Waals surface area (Å²) < 4.78 is 27.1. The SMILES string of the molecule is O=C(c1ccc(Cl)cc1)C1CCN(CCNS(=O)(=O)c2ccccc2)CC1. The van der Waals surface area contributed by atoms with E-state index >= 15 is 0 Å². The van der Waals surface area contributed by atoms with Crippen molar-refractivity contribution in [2.75, 3.05) is 26.2 Å². The Morgan fingerprint density at radius 2 is 1.67 bits per heavy atom. The molecule has 0 amide bonds. The minimum Gasteiger partial charge on any atom is -0.302 e. The van der Waals surface area contributed by atoms with Crippen LogP contribution in [0.1, 0.15) is 23.2 Å². The summed E-state index contributed by atoms with van der Waals surface area (Å²) >= 11 is 5.87. The third-order valence-electron chi connectivity index (χ3n) is 4.86. The van der Waals surface area contributed by atoms with Gasteiger partial charge in [0.05, 0.1) is 4.90 Å². The van der Waals surface area contributed by atoms with Crippen LogP contribution in [0, 0.1) is 5.92 Å². The molecular formula is C20H23ClN2O3S. The third kappa shape index (κ3) is 5.39. The quantitative estimate of drug-likeness (QED) is 0.717. The Morgan fingerprint density at radius 1 is 1.04 bits per heavy atom. The van der Waals surface area contributed by atoms with E-state index in [9.17, 15) is 13.2 Å². The van der Waals surface area contributed by atoms with Gasteiger partial charge in [-0.25, -0.2) is 13.1 Å². The lowest BCUT2D eigenvalue weighted by Gasteiger charge is -2.31. The van der Waals surface area contributed by atoms with E-state index < -0.39 is 10.0 Å². The van der Waals surface area contributed by atoms with Crippen LogP contribution < -0.4 is 4.72 Å². The number of rotatable bonds is 7. The molecular weight excluding hydrogens is 384 g/mol. The van der Waals surface area contributed by atoms with Gasteiger partial charge in [0, 0.05) is 29.6 Å². The second-order valence-corrected chi connectivity index (χ2v) is 8.90. The molecule has 0 radical (unpaired) electrons. The highest BCUT2D eigenvalue weighted by Crippen LogP contribution is 2.22. The van der Waals surface area contributed by atoms with Gasteiger partial charge in [0.1, 0.15) is 0 Å². The van der Waals surface area contributed by atoms with Gasteiger partial charge in [-0.2, -0.15) is 0 Å². The number of halogens is 1. The van der Waals surface area contributed by atoms with Gasteiger partial charge >= 0.3 is 0 Å². The number of ketones is 1. The molecule has 7 heteroatoms. The van der Waals surface area contributed by atoms with Crippen LogP contribution >= 0.6 is 11.6 Å². The number of likely N-dealkylation sites (tertiary alicyclic amines) is 1. The average molecular weight is 407 g/mol. The second-order valence-electron chi connectivity index (χ2n) is 6.70. The minimum absolute atomic E-state index is 0.0171. The van der Waals surface area contributed by atoms with Gasteiger partial charge in [-0.05, 0) is 62.3 Å². The number of Topliss-reactive ketones (excluding diaryl/α,β-unsaturated/α-hetero) is 1. The molecule has 0 spiro atoms. The third-order valence-corrected chi connectivity index (χ3v) is 6.59. The van der Waals surface area contributed by atoms with Crippen molar-refractivity contribution in [3.8, 4) is 0 Å². The fraction of sp³-hybridized carbons (Fsp3) is 0.350. The summed E-state index contributed by atoms with van der Waals surface area (Å²) in [5.41, 5.74) is 0.702. The maximum absolute atomic E-state index is 12.6. The molecule has 0 aromatic heterocycles. The molecule has 1 fully saturated rings. The average Bonchev–Trinajstić information content (AvgIpc) is 2.69. The van der Waals surface area contributed by atoms with Crippen LogP contribution in [0.2, 0.25) is 5.02 Å². The fourth-order valence-corrected chi connectivity index (χ4v) is 4.46. The Bertz CT molecular complexity index is 862. The molecule has 144 valence electrons. The Balaban J connectivity index is 1.44. The molecule has 1 N–H and O–H groups in total. The zero-order valence-electron chi connectivity index (χ0n) is 15.0. The fourth-order valence-electron chi connectivity index (χ4n) is 3.29. The largest absolute Gasteiger partial charge is 0.302 e. The summed E-state index contributed by atoms with van der Waals surface area (Å²) in [7, 11) is -3.47. The van der Waals surface area contributed by atoms with Crippen molar-refractivity contribution in [2.45, 2.75) is 17.7 Å². The van der Waals surface area contributed by atoms with Crippen molar-refractivity contribution in [1.82, 2.24) is 9.62 Å². The predicted molar refractivity (Wildman–Crippen MR) is 107 cm³/mol. The molecule has 2 aromatic rings. The molecule has 1 heterocycles. The summed E-state index contributed by atoms with van der Waals surface area (Å²) in [6.07, 6.45) is 1.57. The van der Waals surface area contributed by atoms with E-state index in [0.717, 1.165) is 25.9 Å². The highest BCUT2D eigenvalue weighted by Gasteiger charge is 2.25. The maximum Gasteiger partial charge on any atom is 0.240 e. The topological polar surface area (TPSA) is 66.5 Å². The summed E-state index contributed by atoms with van der Waals surface area (Å²) in [6, 6.07) is 15.4. The smallest absolute Gasteiger partial charge is 0.240 e. The molecule has 0 bridgehead atoms. The number of sulfonamides is 1. The van der Waals surface area contributed by atoms with Crippen LogP contribution in [0.4, 0.5) is 0 Å². The van der Waals surface area contributed by atoms with Gasteiger partial charge in [-0.3, -0.25) is 4.79 Å². The van der Waals surface area contributed by atoms with E-state index in [4.69, 9.17) is 11.6 Å². The summed E-state index contributed by atoms with van der Waals surface area (Å²) in [4.78, 5) is 15.0. The monoisotopic (exact) mass is 406 g/mol. The Hall–Kier alpha value is -1.73. The summed E-state index contributed by atoms with van der Waals surface area (Å²) in [6.45, 7) is 2.56. The number of carbonyl (C=O) groups is 1. The van der Waals surface area contributed by atoms with E-state index in [1.165, 1.54) is 0 Å². The standard InChI is InChI=1S/C20H23ClN2O3S/c21-18-8-6-16(7-9-18)20(24)17-10-13-23(14-11-17)15-12-22-27(25,26)19-4-2-1-3-5-19/h1-9,17,22H,10-15H2. The lowest BCUT2D eigenvalue weighted by Crippen LogP contribution is -2.41. The predicted octanol–water partition coefficient (Wildman–Crippen LogP) is 3.21. The first-order valence-electron chi connectivity index (χ1n) is 9.02. The molecule has 27 heavy (non-hydrogen) atoms. The van der Waals surface area contributed by atoms with Gasteiger partial charge in [-0.15, -0.1) is 0 Å². The van der Waals surface area contributed by atoms with Crippen LogP contribution in [0.25, 0.3) is 0 Å². The van der Waals surface area contributed by atoms with Gasteiger partial charge in [0.2, 0.25) is 10.0 Å². The van der Waals surface area contributed by atoms with Crippen molar-refractivity contribution >= 4 is 27.4 Å². The molecule has 3 rings (SSSR count). The number of hydrogen-bond donors (Lipinski definition) is 1. The molecule has 1 aliphatic rings. The number of hydrogen-bond acceptors (Lipinski definition) is 4. The summed E-state index contributed by atoms with van der Waals surface area (Å²) in [5.74, 6) is 0.180. The summed E-state index contributed by atoms with van der Waals surface area (Å²) in [5, 5.41) is 0.624. The van der Waals surface area contributed by atoms with E-state index in [1.807, 2.05) is 0 Å². The van der Waals surface area contributed by atoms with Crippen molar-refractivity contribution < 1.29 is 13.2 Å². The molecule has 0 atom stereocenters. The molecule has 2 aromatic carbocycles. The molecule has 1 aliphatic heterocycles. The van der Waals surface area contributed by atoms with Crippen molar-refractivity contribution in [3.05, 3.63) is 65.2 Å². The number of piperidine rings is 1. The highest BCUT2D eigenvalue weighted by atomic mass is 35.5. The Labute approximate surface area is 165 Å². The minimum atomic E-state index is -3.47. The van der Waals surface area contributed by atoms with Crippen molar-refractivity contribution in [2.24, 2.45) is 5.92 Å². The van der Waals surface area contributed by atoms with Crippen LogP contribution in [-0.2, 0) is 10.0 Å². The van der Waals surface area contributed by atoms with Gasteiger partial charge < -0.3 is 4.90 Å². The van der Waals surface area contributed by atoms with Crippen LogP contribution in [0.5, 0.6) is 0 Å². The molecule has 0 saturated carbocycles. The van der Waals surface area contributed by atoms with E-state index in [1.54, 1.807) is 54.6 Å². The number of nitrogens with one attached hydrogen (secondary N) is 1. The Kier molecular flexibility index (Phi) is 6.65. The molecule has 5 nitrogen and oxygen atoms in total. The van der Waals surface area contributed by atoms with E-state index in [2.05, 4.69) is 9.62 Å². The second kappa shape index (κ2) is 8.97. The normalized spacial score (nSPS) is 16.3. The zero-order chi connectivity index (χ0) is 19.3. The first kappa shape index (κ1) is 20.0. The number of nitrogens with zero attached hydrogens (tertiary/aromatic N) is 1. The van der Waals surface area contributed by atoms with Crippen molar-refractivity contribution in [1.29, 1.82) is 0 Å². The first-order valence-corrected chi connectivity index (χ1v) is 10.9. The maximum atomic E-state index is 12.6. The van der Waals surface area contributed by atoms with Gasteiger partial charge in [-0.1, -0.05) is 29.8 Å². The van der Waals surface area contributed by atoms with Gasteiger partial charge in [0.25, 0.3) is 0 Å². The molecule has 0 aliphatic carbocycles. The van der Waals surface area contributed by atoms with E-state index in [-0.39, 0.29) is 16.6 Å². The highest BCUT2D eigenvalue weighted by molar-refractivity contribution is 7.89. The lowest BCUT2D eigenvalue weighted by atomic mass is 9.89. The number of benzene rings is 2. The van der Waals surface area contributed by atoms with Crippen LogP contribution in [-0.4, -0.2) is 45.3 Å². The zero-order valence-corrected chi connectivity index (χ0v) is 16.5. The Morgan fingerprint density at radius 3 is 2.30 bits per heavy atom. The van der Waals surface area contributed by atoms with Crippen LogP contribution in [0.15, 0.2) is 59.5 Å². The first-order chi connectivity index (χ1) is 13.0. The van der Waals surface area contributed by atoms with Crippen LogP contribution in [0.3, 0.4) is 0 Å². The molecule has 1 saturated heterocycles. The van der Waals surface area contributed by atoms with Crippen molar-refractivity contribution in [3.63, 3.8) is 0 Å². The molecule has 0 unspecified atom stereocenters.